The van der Waals surface area contributed by atoms with Crippen molar-refractivity contribution in [3.05, 3.63) is 35.4 Å². The molecule has 1 aliphatic carbocycles. The first-order valence-corrected chi connectivity index (χ1v) is 6.92. The third-order valence-electron chi connectivity index (χ3n) is 3.66. The quantitative estimate of drug-likeness (QED) is 0.844. The van der Waals surface area contributed by atoms with E-state index in [0.29, 0.717) is 12.8 Å². The maximum Gasteiger partial charge on any atom is 0.252 e. The highest BCUT2D eigenvalue weighted by atomic mass is 32.1. The number of carbonyl (C=O) groups excluding carboxylic acids is 1. The first kappa shape index (κ1) is 14.8. The van der Waals surface area contributed by atoms with Crippen molar-refractivity contribution in [1.82, 2.24) is 5.32 Å². The average molecular weight is 298 g/mol. The summed E-state index contributed by atoms with van der Waals surface area (Å²) in [6, 6.07) is 2.71. The Kier molecular flexibility index (Phi) is 4.32. The minimum absolute atomic E-state index is 0.0660. The summed E-state index contributed by atoms with van der Waals surface area (Å²) in [5, 5.41) is 2.76. The summed E-state index contributed by atoms with van der Waals surface area (Å²) in [6.45, 7) is 0. The van der Waals surface area contributed by atoms with Gasteiger partial charge in [-0.25, -0.2) is 8.78 Å². The Morgan fingerprint density at radius 1 is 1.15 bits per heavy atom. The Labute approximate surface area is 121 Å². The molecule has 1 fully saturated rings. The van der Waals surface area contributed by atoms with Crippen LogP contribution in [0.1, 0.15) is 42.5 Å². The number of rotatable bonds is 3. The summed E-state index contributed by atoms with van der Waals surface area (Å²) in [5.41, 5.74) is 4.95. The number of thiocarbonyl (C=S) groups is 1. The molecular weight excluding hydrogens is 282 g/mol. The minimum Gasteiger partial charge on any atom is -0.391 e. The molecule has 1 amide bonds. The molecule has 0 saturated heterocycles. The maximum atomic E-state index is 13.2. The highest BCUT2D eigenvalue weighted by molar-refractivity contribution is 7.80. The normalized spacial score (nSPS) is 17.5. The van der Waals surface area contributed by atoms with Gasteiger partial charge in [0.1, 0.15) is 11.6 Å². The number of carbonyl (C=O) groups is 1. The van der Waals surface area contributed by atoms with Crippen molar-refractivity contribution in [3.8, 4) is 0 Å². The van der Waals surface area contributed by atoms with Crippen molar-refractivity contribution in [2.45, 2.75) is 37.6 Å². The molecule has 3 N–H and O–H groups in total. The van der Waals surface area contributed by atoms with Gasteiger partial charge in [-0.05, 0) is 25.0 Å². The van der Waals surface area contributed by atoms with E-state index < -0.39 is 23.1 Å². The Morgan fingerprint density at radius 2 is 1.70 bits per heavy atom. The van der Waals surface area contributed by atoms with E-state index in [0.717, 1.165) is 37.5 Å². The van der Waals surface area contributed by atoms with Crippen LogP contribution in [0.5, 0.6) is 0 Å². The summed E-state index contributed by atoms with van der Waals surface area (Å²) in [7, 11) is 0. The Balaban J connectivity index is 2.22. The number of halogens is 2. The molecule has 1 aliphatic rings. The predicted molar refractivity (Wildman–Crippen MR) is 76.4 cm³/mol. The van der Waals surface area contributed by atoms with Gasteiger partial charge in [-0.1, -0.05) is 31.5 Å². The molecule has 0 radical (unpaired) electrons. The third kappa shape index (κ3) is 3.12. The molecule has 2 rings (SSSR count). The van der Waals surface area contributed by atoms with Crippen LogP contribution in [-0.4, -0.2) is 16.4 Å². The largest absolute Gasteiger partial charge is 0.391 e. The monoisotopic (exact) mass is 298 g/mol. The van der Waals surface area contributed by atoms with Crippen LogP contribution in [-0.2, 0) is 0 Å². The van der Waals surface area contributed by atoms with Gasteiger partial charge in [0.2, 0.25) is 0 Å². The lowest BCUT2D eigenvalue weighted by Crippen LogP contribution is -2.57. The van der Waals surface area contributed by atoms with Gasteiger partial charge in [0.25, 0.3) is 5.91 Å². The van der Waals surface area contributed by atoms with Gasteiger partial charge in [0, 0.05) is 11.6 Å². The maximum absolute atomic E-state index is 13.2. The molecule has 0 atom stereocenters. The molecule has 3 nitrogen and oxygen atoms in total. The zero-order valence-corrected chi connectivity index (χ0v) is 11.7. The summed E-state index contributed by atoms with van der Waals surface area (Å²) >= 11 is 5.06. The highest BCUT2D eigenvalue weighted by Crippen LogP contribution is 2.29. The van der Waals surface area contributed by atoms with Crippen LogP contribution in [0, 0.1) is 11.6 Å². The standard InChI is InChI=1S/C14H16F2N2OS/c15-10-6-9(7-11(16)8-10)12(19)18-14(13(17)20)4-2-1-3-5-14/h6-8H,1-5H2,(H2,17,20)(H,18,19). The highest BCUT2D eigenvalue weighted by Gasteiger charge is 2.36. The van der Waals surface area contributed by atoms with Crippen LogP contribution in [0.3, 0.4) is 0 Å². The molecule has 6 heteroatoms. The van der Waals surface area contributed by atoms with Crippen LogP contribution in [0.2, 0.25) is 0 Å². The van der Waals surface area contributed by atoms with Crippen molar-refractivity contribution in [1.29, 1.82) is 0 Å². The van der Waals surface area contributed by atoms with Gasteiger partial charge in [-0.2, -0.15) is 0 Å². The van der Waals surface area contributed by atoms with Gasteiger partial charge in [0.05, 0.1) is 10.5 Å². The Bertz CT molecular complexity index is 522. The molecule has 20 heavy (non-hydrogen) atoms. The van der Waals surface area contributed by atoms with E-state index >= 15 is 0 Å². The van der Waals surface area contributed by atoms with E-state index in [9.17, 15) is 13.6 Å². The number of amides is 1. The van der Waals surface area contributed by atoms with Gasteiger partial charge >= 0.3 is 0 Å². The Morgan fingerprint density at radius 3 is 2.20 bits per heavy atom. The number of nitrogens with two attached hydrogens (primary N) is 1. The van der Waals surface area contributed by atoms with Gasteiger partial charge < -0.3 is 11.1 Å². The van der Waals surface area contributed by atoms with Crippen LogP contribution in [0.4, 0.5) is 8.78 Å². The molecule has 0 aromatic heterocycles. The molecule has 0 aliphatic heterocycles. The summed E-state index contributed by atoms with van der Waals surface area (Å²) < 4.78 is 26.3. The van der Waals surface area contributed by atoms with Gasteiger partial charge in [-0.3, -0.25) is 4.79 Å². The lowest BCUT2D eigenvalue weighted by Gasteiger charge is -2.37. The Hall–Kier alpha value is -1.56. The lowest BCUT2D eigenvalue weighted by molar-refractivity contribution is 0.0907. The van der Waals surface area contributed by atoms with E-state index in [1.54, 1.807) is 0 Å². The summed E-state index contributed by atoms with van der Waals surface area (Å²) in [6.07, 6.45) is 4.21. The number of nitrogens with one attached hydrogen (secondary N) is 1. The van der Waals surface area contributed by atoms with E-state index in [1.807, 2.05) is 0 Å². The smallest absolute Gasteiger partial charge is 0.252 e. The SMILES string of the molecule is NC(=S)C1(NC(=O)c2cc(F)cc(F)c2)CCCCC1. The second kappa shape index (κ2) is 5.83. The molecule has 1 saturated carbocycles. The lowest BCUT2D eigenvalue weighted by atomic mass is 9.81. The molecule has 0 bridgehead atoms. The van der Waals surface area contributed by atoms with Gasteiger partial charge in [0.15, 0.2) is 0 Å². The molecule has 1 aromatic carbocycles. The zero-order chi connectivity index (χ0) is 14.8. The zero-order valence-electron chi connectivity index (χ0n) is 10.9. The van der Waals surface area contributed by atoms with Crippen LogP contribution in [0.15, 0.2) is 18.2 Å². The average Bonchev–Trinajstić information content (AvgIpc) is 2.38. The molecule has 0 heterocycles. The predicted octanol–water partition coefficient (Wildman–Crippen LogP) is 2.68. The van der Waals surface area contributed by atoms with Crippen LogP contribution >= 0.6 is 12.2 Å². The van der Waals surface area contributed by atoms with E-state index in [1.165, 1.54) is 0 Å². The van der Waals surface area contributed by atoms with Crippen molar-refractivity contribution >= 4 is 23.1 Å². The number of hydrogen-bond acceptors (Lipinski definition) is 2. The van der Waals surface area contributed by atoms with E-state index in [2.05, 4.69) is 5.32 Å². The topological polar surface area (TPSA) is 55.1 Å². The number of benzene rings is 1. The number of hydrogen-bond donors (Lipinski definition) is 2. The van der Waals surface area contributed by atoms with Crippen molar-refractivity contribution in [2.24, 2.45) is 5.73 Å². The second-order valence-electron chi connectivity index (χ2n) is 5.12. The van der Waals surface area contributed by atoms with Crippen LogP contribution in [0.25, 0.3) is 0 Å². The van der Waals surface area contributed by atoms with Crippen molar-refractivity contribution in [3.63, 3.8) is 0 Å². The molecular formula is C14H16F2N2OS. The summed E-state index contributed by atoms with van der Waals surface area (Å²) in [5.74, 6) is -2.13. The van der Waals surface area contributed by atoms with E-state index in [-0.39, 0.29) is 10.6 Å². The fourth-order valence-electron chi connectivity index (χ4n) is 2.56. The minimum atomic E-state index is -0.789. The third-order valence-corrected chi connectivity index (χ3v) is 4.05. The van der Waals surface area contributed by atoms with E-state index in [4.69, 9.17) is 18.0 Å². The summed E-state index contributed by atoms with van der Waals surface area (Å²) in [4.78, 5) is 12.4. The van der Waals surface area contributed by atoms with Crippen LogP contribution < -0.4 is 11.1 Å². The van der Waals surface area contributed by atoms with Crippen molar-refractivity contribution < 1.29 is 13.6 Å². The first-order valence-electron chi connectivity index (χ1n) is 6.51. The fraction of sp³-hybridized carbons (Fsp3) is 0.429. The molecule has 1 aromatic rings. The first-order chi connectivity index (χ1) is 9.43. The van der Waals surface area contributed by atoms with Gasteiger partial charge in [-0.15, -0.1) is 0 Å². The fourth-order valence-corrected chi connectivity index (χ4v) is 2.82. The molecule has 0 spiro atoms. The second-order valence-corrected chi connectivity index (χ2v) is 5.56. The molecule has 108 valence electrons. The molecule has 0 unspecified atom stereocenters. The van der Waals surface area contributed by atoms with Crippen molar-refractivity contribution in [2.75, 3.05) is 0 Å².